The largest absolute Gasteiger partial charge is 0.334 e. The van der Waals surface area contributed by atoms with Crippen LogP contribution in [0.4, 0.5) is 0 Å². The van der Waals surface area contributed by atoms with Crippen molar-refractivity contribution in [3.8, 4) is 0 Å². The first-order valence-electron chi connectivity index (χ1n) is 7.62. The number of aromatic nitrogens is 2. The van der Waals surface area contributed by atoms with Crippen LogP contribution < -0.4 is 0 Å². The summed E-state index contributed by atoms with van der Waals surface area (Å²) in [5.41, 5.74) is 5.06. The van der Waals surface area contributed by atoms with Gasteiger partial charge < -0.3 is 4.90 Å². The second kappa shape index (κ2) is 5.79. The van der Waals surface area contributed by atoms with E-state index in [4.69, 9.17) is 0 Å². The molecule has 0 unspecified atom stereocenters. The van der Waals surface area contributed by atoms with Crippen LogP contribution in [-0.4, -0.2) is 33.7 Å². The second-order valence-electron chi connectivity index (χ2n) is 5.77. The molecule has 0 atom stereocenters. The van der Waals surface area contributed by atoms with E-state index in [1.807, 2.05) is 31.9 Å². The van der Waals surface area contributed by atoms with E-state index < -0.39 is 0 Å². The molecule has 114 valence electrons. The lowest BCUT2D eigenvalue weighted by Crippen LogP contribution is -2.35. The number of amides is 1. The molecule has 0 bridgehead atoms. The minimum atomic E-state index is 0.0893. The summed E-state index contributed by atoms with van der Waals surface area (Å²) in [5.74, 6) is 0.0893. The molecular weight excluding hydrogens is 274 g/mol. The van der Waals surface area contributed by atoms with Gasteiger partial charge in [0.2, 0.25) is 0 Å². The lowest BCUT2D eigenvalue weighted by atomic mass is 9.99. The molecule has 0 aliphatic carbocycles. The topological polar surface area (TPSA) is 38.1 Å². The molecule has 1 amide bonds. The van der Waals surface area contributed by atoms with E-state index in [1.54, 1.807) is 4.68 Å². The maximum atomic E-state index is 12.7. The smallest absolute Gasteiger partial charge is 0.257 e. The number of hydrogen-bond acceptors (Lipinski definition) is 2. The fourth-order valence-electron chi connectivity index (χ4n) is 3.01. The molecule has 4 heteroatoms. The van der Waals surface area contributed by atoms with Gasteiger partial charge in [-0.25, -0.2) is 0 Å². The van der Waals surface area contributed by atoms with Gasteiger partial charge in [-0.3, -0.25) is 9.48 Å². The molecule has 3 rings (SSSR count). The Labute approximate surface area is 131 Å². The highest BCUT2D eigenvalue weighted by molar-refractivity contribution is 5.97. The number of hydrogen-bond donors (Lipinski definition) is 0. The molecule has 2 aromatic rings. The van der Waals surface area contributed by atoms with Crippen LogP contribution in [0.1, 0.15) is 33.7 Å². The Morgan fingerprint density at radius 1 is 1.18 bits per heavy atom. The Morgan fingerprint density at radius 3 is 2.45 bits per heavy atom. The maximum absolute atomic E-state index is 12.7. The molecule has 4 nitrogen and oxygen atoms in total. The van der Waals surface area contributed by atoms with Crippen LogP contribution in [0.25, 0.3) is 5.57 Å². The lowest BCUT2D eigenvalue weighted by molar-refractivity contribution is 0.0771. The summed E-state index contributed by atoms with van der Waals surface area (Å²) in [6, 6.07) is 10.4. The minimum absolute atomic E-state index is 0.0893. The zero-order chi connectivity index (χ0) is 15.7. The van der Waals surface area contributed by atoms with E-state index in [1.165, 1.54) is 11.1 Å². The second-order valence-corrected chi connectivity index (χ2v) is 5.77. The first-order valence-corrected chi connectivity index (χ1v) is 7.62. The van der Waals surface area contributed by atoms with Crippen molar-refractivity contribution in [2.45, 2.75) is 20.3 Å². The molecule has 0 fully saturated rings. The van der Waals surface area contributed by atoms with Crippen molar-refractivity contribution >= 4 is 11.5 Å². The summed E-state index contributed by atoms with van der Waals surface area (Å²) in [6.45, 7) is 5.27. The summed E-state index contributed by atoms with van der Waals surface area (Å²) >= 11 is 0. The SMILES string of the molecule is Cc1nn(C)c(C)c1C(=O)N1CC=C(c2ccccc2)CC1. The highest BCUT2D eigenvalue weighted by Crippen LogP contribution is 2.24. The first-order chi connectivity index (χ1) is 10.6. The molecular formula is C18H21N3O. The number of aryl methyl sites for hydroxylation is 2. The molecule has 1 aromatic heterocycles. The number of nitrogens with zero attached hydrogens (tertiary/aromatic N) is 3. The minimum Gasteiger partial charge on any atom is -0.334 e. The fraction of sp³-hybridized carbons (Fsp3) is 0.333. The summed E-state index contributed by atoms with van der Waals surface area (Å²) in [6.07, 6.45) is 3.06. The Kier molecular flexibility index (Phi) is 3.84. The molecule has 1 aliphatic heterocycles. The third-order valence-corrected chi connectivity index (χ3v) is 4.36. The van der Waals surface area contributed by atoms with Gasteiger partial charge in [0.25, 0.3) is 5.91 Å². The van der Waals surface area contributed by atoms with Gasteiger partial charge in [-0.15, -0.1) is 0 Å². The van der Waals surface area contributed by atoms with Crippen LogP contribution in [0.5, 0.6) is 0 Å². The third kappa shape index (κ3) is 2.56. The fourth-order valence-corrected chi connectivity index (χ4v) is 3.01. The predicted molar refractivity (Wildman–Crippen MR) is 87.6 cm³/mol. The van der Waals surface area contributed by atoms with Crippen molar-refractivity contribution in [2.24, 2.45) is 7.05 Å². The van der Waals surface area contributed by atoms with E-state index >= 15 is 0 Å². The van der Waals surface area contributed by atoms with Crippen LogP contribution in [0.3, 0.4) is 0 Å². The van der Waals surface area contributed by atoms with Crippen molar-refractivity contribution in [1.82, 2.24) is 14.7 Å². The van der Waals surface area contributed by atoms with Gasteiger partial charge >= 0.3 is 0 Å². The van der Waals surface area contributed by atoms with Crippen LogP contribution in [0.15, 0.2) is 36.4 Å². The Bertz CT molecular complexity index is 728. The summed E-state index contributed by atoms with van der Waals surface area (Å²) in [4.78, 5) is 14.6. The first kappa shape index (κ1) is 14.6. The molecule has 0 radical (unpaired) electrons. The van der Waals surface area contributed by atoms with Crippen molar-refractivity contribution in [3.63, 3.8) is 0 Å². The van der Waals surface area contributed by atoms with Crippen LogP contribution in [0, 0.1) is 13.8 Å². The Hall–Kier alpha value is -2.36. The standard InChI is InChI=1S/C18H21N3O/c1-13-17(14(2)20(3)19-13)18(22)21-11-9-16(10-12-21)15-7-5-4-6-8-15/h4-9H,10-12H2,1-3H3. The molecule has 1 aliphatic rings. The average molecular weight is 295 g/mol. The van der Waals surface area contributed by atoms with Crippen molar-refractivity contribution in [3.05, 3.63) is 58.9 Å². The van der Waals surface area contributed by atoms with Gasteiger partial charge in [-0.1, -0.05) is 36.4 Å². The normalized spacial score (nSPS) is 14.9. The van der Waals surface area contributed by atoms with E-state index in [0.717, 1.165) is 29.9 Å². The highest BCUT2D eigenvalue weighted by atomic mass is 16.2. The summed E-state index contributed by atoms with van der Waals surface area (Å²) < 4.78 is 1.78. The van der Waals surface area contributed by atoms with Crippen LogP contribution in [-0.2, 0) is 7.05 Å². The monoisotopic (exact) mass is 295 g/mol. The number of rotatable bonds is 2. The van der Waals surface area contributed by atoms with Crippen LogP contribution >= 0.6 is 0 Å². The van der Waals surface area contributed by atoms with Gasteiger partial charge in [0.15, 0.2) is 0 Å². The van der Waals surface area contributed by atoms with Gasteiger partial charge in [0, 0.05) is 25.8 Å². The molecule has 0 saturated carbocycles. The van der Waals surface area contributed by atoms with E-state index in [0.29, 0.717) is 6.54 Å². The average Bonchev–Trinajstić information content (AvgIpc) is 2.80. The van der Waals surface area contributed by atoms with Crippen molar-refractivity contribution in [1.29, 1.82) is 0 Å². The molecule has 0 spiro atoms. The van der Waals surface area contributed by atoms with E-state index in [-0.39, 0.29) is 5.91 Å². The van der Waals surface area contributed by atoms with Crippen molar-refractivity contribution < 1.29 is 4.79 Å². The number of carbonyl (C=O) groups is 1. The van der Waals surface area contributed by atoms with Crippen molar-refractivity contribution in [2.75, 3.05) is 13.1 Å². The molecule has 22 heavy (non-hydrogen) atoms. The zero-order valence-electron chi connectivity index (χ0n) is 13.3. The zero-order valence-corrected chi connectivity index (χ0v) is 13.3. The summed E-state index contributed by atoms with van der Waals surface area (Å²) in [7, 11) is 1.88. The van der Waals surface area contributed by atoms with E-state index in [2.05, 4.69) is 35.4 Å². The van der Waals surface area contributed by atoms with Gasteiger partial charge in [-0.05, 0) is 31.4 Å². The molecule has 2 heterocycles. The molecule has 0 N–H and O–H groups in total. The Morgan fingerprint density at radius 2 is 1.91 bits per heavy atom. The maximum Gasteiger partial charge on any atom is 0.257 e. The third-order valence-electron chi connectivity index (χ3n) is 4.36. The quantitative estimate of drug-likeness (QED) is 0.854. The van der Waals surface area contributed by atoms with Gasteiger partial charge in [-0.2, -0.15) is 5.10 Å². The molecule has 1 aromatic carbocycles. The number of benzene rings is 1. The van der Waals surface area contributed by atoms with Crippen LogP contribution in [0.2, 0.25) is 0 Å². The van der Waals surface area contributed by atoms with Gasteiger partial charge in [0.05, 0.1) is 11.3 Å². The van der Waals surface area contributed by atoms with E-state index in [9.17, 15) is 4.79 Å². The highest BCUT2D eigenvalue weighted by Gasteiger charge is 2.24. The van der Waals surface area contributed by atoms with Gasteiger partial charge in [0.1, 0.15) is 0 Å². The summed E-state index contributed by atoms with van der Waals surface area (Å²) in [5, 5.41) is 4.34. The predicted octanol–water partition coefficient (Wildman–Crippen LogP) is 2.97. The molecule has 0 saturated heterocycles. The lowest BCUT2D eigenvalue weighted by Gasteiger charge is -2.27. The number of carbonyl (C=O) groups excluding carboxylic acids is 1. The Balaban J connectivity index is 1.79.